The molecule has 0 atom stereocenters. The SMILES string of the molecule is Cc1cc(NC(=O)c2c(C(=O)O)cnn2C)ccc1Br. The van der Waals surface area contributed by atoms with Gasteiger partial charge in [-0.1, -0.05) is 15.9 Å². The summed E-state index contributed by atoms with van der Waals surface area (Å²) in [5.74, 6) is -1.70. The van der Waals surface area contributed by atoms with Crippen LogP contribution in [-0.2, 0) is 7.05 Å². The van der Waals surface area contributed by atoms with E-state index in [2.05, 4.69) is 26.3 Å². The predicted molar refractivity (Wildman–Crippen MR) is 77.0 cm³/mol. The molecule has 1 aromatic heterocycles. The van der Waals surface area contributed by atoms with Crippen molar-refractivity contribution in [3.63, 3.8) is 0 Å². The summed E-state index contributed by atoms with van der Waals surface area (Å²) in [6, 6.07) is 5.33. The van der Waals surface area contributed by atoms with Gasteiger partial charge in [0, 0.05) is 17.2 Å². The molecule has 7 heteroatoms. The number of anilines is 1. The highest BCUT2D eigenvalue weighted by atomic mass is 79.9. The van der Waals surface area contributed by atoms with Crippen LogP contribution in [0.15, 0.2) is 28.9 Å². The molecule has 104 valence electrons. The number of halogens is 1. The summed E-state index contributed by atoms with van der Waals surface area (Å²) < 4.78 is 2.17. The first-order chi connectivity index (χ1) is 9.40. The zero-order chi connectivity index (χ0) is 14.9. The molecule has 0 aliphatic carbocycles. The number of nitrogens with zero attached hydrogens (tertiary/aromatic N) is 2. The number of benzene rings is 1. The number of amides is 1. The number of carboxylic acids is 1. The van der Waals surface area contributed by atoms with Gasteiger partial charge in [0.1, 0.15) is 11.3 Å². The Balaban J connectivity index is 2.30. The van der Waals surface area contributed by atoms with Crippen molar-refractivity contribution < 1.29 is 14.7 Å². The first-order valence-electron chi connectivity index (χ1n) is 5.73. The average Bonchev–Trinajstić information content (AvgIpc) is 2.76. The van der Waals surface area contributed by atoms with E-state index in [0.717, 1.165) is 16.2 Å². The topological polar surface area (TPSA) is 84.2 Å². The summed E-state index contributed by atoms with van der Waals surface area (Å²) in [7, 11) is 1.52. The van der Waals surface area contributed by atoms with Crippen LogP contribution in [0.5, 0.6) is 0 Å². The fraction of sp³-hybridized carbons (Fsp3) is 0.154. The summed E-state index contributed by atoms with van der Waals surface area (Å²) in [6.07, 6.45) is 1.16. The Morgan fingerprint density at radius 3 is 2.70 bits per heavy atom. The van der Waals surface area contributed by atoms with E-state index < -0.39 is 11.9 Å². The van der Waals surface area contributed by atoms with Gasteiger partial charge in [-0.3, -0.25) is 9.48 Å². The van der Waals surface area contributed by atoms with Crippen LogP contribution >= 0.6 is 15.9 Å². The van der Waals surface area contributed by atoms with Crippen molar-refractivity contribution in [2.24, 2.45) is 7.05 Å². The second-order valence-corrected chi connectivity index (χ2v) is 5.11. The number of carbonyl (C=O) groups excluding carboxylic acids is 1. The van der Waals surface area contributed by atoms with Gasteiger partial charge in [-0.05, 0) is 30.7 Å². The third-order valence-electron chi connectivity index (χ3n) is 2.80. The fourth-order valence-electron chi connectivity index (χ4n) is 1.78. The van der Waals surface area contributed by atoms with Crippen LogP contribution in [0.25, 0.3) is 0 Å². The molecule has 0 saturated heterocycles. The first kappa shape index (κ1) is 14.3. The summed E-state index contributed by atoms with van der Waals surface area (Å²) in [5, 5.41) is 15.5. The third kappa shape index (κ3) is 2.72. The molecule has 0 unspecified atom stereocenters. The lowest BCUT2D eigenvalue weighted by Gasteiger charge is -2.08. The quantitative estimate of drug-likeness (QED) is 0.900. The minimum Gasteiger partial charge on any atom is -0.478 e. The second kappa shape index (κ2) is 5.46. The maximum Gasteiger partial charge on any atom is 0.339 e. The van der Waals surface area contributed by atoms with Gasteiger partial charge in [0.05, 0.1) is 6.20 Å². The van der Waals surface area contributed by atoms with Gasteiger partial charge in [-0.15, -0.1) is 0 Å². The first-order valence-corrected chi connectivity index (χ1v) is 6.52. The van der Waals surface area contributed by atoms with Crippen LogP contribution in [0.3, 0.4) is 0 Å². The molecule has 6 nitrogen and oxygen atoms in total. The van der Waals surface area contributed by atoms with Crippen LogP contribution in [-0.4, -0.2) is 26.8 Å². The van der Waals surface area contributed by atoms with E-state index in [-0.39, 0.29) is 11.3 Å². The van der Waals surface area contributed by atoms with Crippen molar-refractivity contribution in [1.29, 1.82) is 0 Å². The molecule has 2 aromatic rings. The van der Waals surface area contributed by atoms with E-state index in [9.17, 15) is 9.59 Å². The lowest BCUT2D eigenvalue weighted by atomic mass is 10.2. The average molecular weight is 338 g/mol. The Hall–Kier alpha value is -2.15. The Bertz CT molecular complexity index is 694. The molecule has 0 bridgehead atoms. The van der Waals surface area contributed by atoms with Crippen molar-refractivity contribution in [3.05, 3.63) is 45.7 Å². The summed E-state index contributed by atoms with van der Waals surface area (Å²) in [4.78, 5) is 23.2. The number of hydrogen-bond donors (Lipinski definition) is 2. The molecule has 0 aliphatic heterocycles. The minimum atomic E-state index is -1.18. The summed E-state index contributed by atoms with van der Waals surface area (Å²) in [6.45, 7) is 1.90. The number of aromatic carboxylic acids is 1. The highest BCUT2D eigenvalue weighted by Gasteiger charge is 2.21. The van der Waals surface area contributed by atoms with Crippen molar-refractivity contribution in [3.8, 4) is 0 Å². The van der Waals surface area contributed by atoms with Crippen LogP contribution in [0, 0.1) is 6.92 Å². The van der Waals surface area contributed by atoms with Crippen molar-refractivity contribution >= 4 is 33.5 Å². The highest BCUT2D eigenvalue weighted by molar-refractivity contribution is 9.10. The second-order valence-electron chi connectivity index (χ2n) is 4.25. The molecule has 2 N–H and O–H groups in total. The smallest absolute Gasteiger partial charge is 0.339 e. The van der Waals surface area contributed by atoms with E-state index in [1.54, 1.807) is 12.1 Å². The van der Waals surface area contributed by atoms with Gasteiger partial charge >= 0.3 is 5.97 Å². The van der Waals surface area contributed by atoms with Gasteiger partial charge in [0.15, 0.2) is 0 Å². The summed E-state index contributed by atoms with van der Waals surface area (Å²) in [5.41, 5.74) is 1.44. The molecule has 1 amide bonds. The molecule has 0 spiro atoms. The van der Waals surface area contributed by atoms with Crippen molar-refractivity contribution in [2.45, 2.75) is 6.92 Å². The molecule has 0 fully saturated rings. The Labute approximate surface area is 123 Å². The van der Waals surface area contributed by atoms with Gasteiger partial charge in [0.25, 0.3) is 5.91 Å². The van der Waals surface area contributed by atoms with Crippen LogP contribution < -0.4 is 5.32 Å². The van der Waals surface area contributed by atoms with E-state index in [1.165, 1.54) is 11.7 Å². The van der Waals surface area contributed by atoms with Gasteiger partial charge in [0.2, 0.25) is 0 Å². The lowest BCUT2D eigenvalue weighted by molar-refractivity contribution is 0.0692. The Kier molecular flexibility index (Phi) is 3.89. The van der Waals surface area contributed by atoms with Crippen molar-refractivity contribution in [2.75, 3.05) is 5.32 Å². The molecular formula is C13H12BrN3O3. The van der Waals surface area contributed by atoms with E-state index >= 15 is 0 Å². The number of carbonyl (C=O) groups is 2. The van der Waals surface area contributed by atoms with Crippen LogP contribution in [0.2, 0.25) is 0 Å². The Morgan fingerprint density at radius 1 is 1.40 bits per heavy atom. The number of aromatic nitrogens is 2. The number of nitrogens with one attached hydrogen (secondary N) is 1. The monoisotopic (exact) mass is 337 g/mol. The largest absolute Gasteiger partial charge is 0.478 e. The number of rotatable bonds is 3. The molecule has 0 saturated carbocycles. The van der Waals surface area contributed by atoms with E-state index in [0.29, 0.717) is 5.69 Å². The van der Waals surface area contributed by atoms with Crippen molar-refractivity contribution in [1.82, 2.24) is 9.78 Å². The zero-order valence-electron chi connectivity index (χ0n) is 10.8. The Morgan fingerprint density at radius 2 is 2.10 bits per heavy atom. The number of carboxylic acid groups (broad SMARTS) is 1. The highest BCUT2D eigenvalue weighted by Crippen LogP contribution is 2.20. The minimum absolute atomic E-state index is 0.0121. The molecule has 0 aliphatic rings. The number of hydrogen-bond acceptors (Lipinski definition) is 3. The maximum absolute atomic E-state index is 12.2. The molecule has 2 rings (SSSR count). The van der Waals surface area contributed by atoms with Crippen LogP contribution in [0.1, 0.15) is 26.4 Å². The van der Waals surface area contributed by atoms with E-state index in [1.807, 2.05) is 13.0 Å². The normalized spacial score (nSPS) is 10.3. The lowest BCUT2D eigenvalue weighted by Crippen LogP contribution is -2.19. The molecule has 0 radical (unpaired) electrons. The maximum atomic E-state index is 12.2. The van der Waals surface area contributed by atoms with Crippen LogP contribution in [0.4, 0.5) is 5.69 Å². The molecule has 20 heavy (non-hydrogen) atoms. The van der Waals surface area contributed by atoms with Gasteiger partial charge in [-0.25, -0.2) is 4.79 Å². The van der Waals surface area contributed by atoms with E-state index in [4.69, 9.17) is 5.11 Å². The fourth-order valence-corrected chi connectivity index (χ4v) is 2.02. The van der Waals surface area contributed by atoms with Gasteiger partial charge in [-0.2, -0.15) is 5.10 Å². The molecule has 1 heterocycles. The summed E-state index contributed by atoms with van der Waals surface area (Å²) >= 11 is 3.37. The molecule has 1 aromatic carbocycles. The van der Waals surface area contributed by atoms with Gasteiger partial charge < -0.3 is 10.4 Å². The third-order valence-corrected chi connectivity index (χ3v) is 3.69. The number of aryl methyl sites for hydroxylation is 2. The zero-order valence-corrected chi connectivity index (χ0v) is 12.4. The molecular weight excluding hydrogens is 326 g/mol. The predicted octanol–water partition coefficient (Wildman–Crippen LogP) is 2.44. The standard InChI is InChI=1S/C13H12BrN3O3/c1-7-5-8(3-4-10(7)14)16-12(18)11-9(13(19)20)6-15-17(11)2/h3-6H,1-2H3,(H,16,18)(H,19,20).